The lowest BCUT2D eigenvalue weighted by Gasteiger charge is -2.07. The van der Waals surface area contributed by atoms with Gasteiger partial charge in [0.1, 0.15) is 11.9 Å². The fourth-order valence-electron chi connectivity index (χ4n) is 1.22. The number of carbonyl (C=O) groups excluding carboxylic acids is 1. The highest BCUT2D eigenvalue weighted by Gasteiger charge is 2.15. The van der Waals surface area contributed by atoms with Gasteiger partial charge in [-0.15, -0.1) is 6.58 Å². The summed E-state index contributed by atoms with van der Waals surface area (Å²) in [6.07, 6.45) is 1.65. The van der Waals surface area contributed by atoms with Gasteiger partial charge in [-0.3, -0.25) is 4.79 Å². The molecule has 15 heavy (non-hydrogen) atoms. The first kappa shape index (κ1) is 11.5. The minimum Gasteiger partial charge on any atom is -0.508 e. The van der Waals surface area contributed by atoms with E-state index in [1.807, 2.05) is 0 Å². The normalized spacial score (nSPS) is 12.1. The predicted molar refractivity (Wildman–Crippen MR) is 57.9 cm³/mol. The van der Waals surface area contributed by atoms with Gasteiger partial charge in [-0.2, -0.15) is 0 Å². The summed E-state index contributed by atoms with van der Waals surface area (Å²) in [7, 11) is 0. The number of hydrogen-bond acceptors (Lipinski definition) is 3. The van der Waals surface area contributed by atoms with Gasteiger partial charge in [-0.05, 0) is 37.1 Å². The molecule has 0 amide bonds. The van der Waals surface area contributed by atoms with E-state index in [0.29, 0.717) is 18.4 Å². The maximum absolute atomic E-state index is 11.6. The fourth-order valence-corrected chi connectivity index (χ4v) is 1.22. The van der Waals surface area contributed by atoms with E-state index in [-0.39, 0.29) is 11.5 Å². The Balaban J connectivity index is 2.67. The highest BCUT2D eigenvalue weighted by atomic mass is 16.3. The van der Waals surface area contributed by atoms with E-state index < -0.39 is 6.10 Å². The first-order valence-corrected chi connectivity index (χ1v) is 4.77. The molecule has 0 spiro atoms. The zero-order valence-corrected chi connectivity index (χ0v) is 8.39. The molecule has 1 rings (SSSR count). The summed E-state index contributed by atoms with van der Waals surface area (Å²) in [5.41, 5.74) is 0.407. The Hall–Kier alpha value is -1.61. The molecule has 80 valence electrons. The summed E-state index contributed by atoms with van der Waals surface area (Å²) in [6.45, 7) is 3.52. The van der Waals surface area contributed by atoms with Gasteiger partial charge in [-0.1, -0.05) is 6.08 Å². The number of hydrogen-bond donors (Lipinski definition) is 2. The van der Waals surface area contributed by atoms with Crippen molar-refractivity contribution in [3.63, 3.8) is 0 Å². The average molecular weight is 206 g/mol. The zero-order chi connectivity index (χ0) is 11.3. The number of phenolic OH excluding ortho intramolecular Hbond substituents is 1. The van der Waals surface area contributed by atoms with Crippen LogP contribution < -0.4 is 0 Å². The second-order valence-corrected chi connectivity index (χ2v) is 3.29. The molecule has 3 nitrogen and oxygen atoms in total. The maximum atomic E-state index is 11.6. The molecular weight excluding hydrogens is 192 g/mol. The molecule has 0 bridgehead atoms. The van der Waals surface area contributed by atoms with E-state index in [0.717, 1.165) is 0 Å². The van der Waals surface area contributed by atoms with Crippen LogP contribution in [0.25, 0.3) is 0 Å². The maximum Gasteiger partial charge on any atom is 0.191 e. The van der Waals surface area contributed by atoms with Crippen molar-refractivity contribution < 1.29 is 15.0 Å². The third-order valence-electron chi connectivity index (χ3n) is 2.10. The van der Waals surface area contributed by atoms with Crippen LogP contribution in [0.1, 0.15) is 23.2 Å². The van der Waals surface area contributed by atoms with E-state index >= 15 is 0 Å². The van der Waals surface area contributed by atoms with Crippen LogP contribution in [0.15, 0.2) is 36.9 Å². The Morgan fingerprint density at radius 3 is 2.53 bits per heavy atom. The molecule has 0 radical (unpaired) electrons. The van der Waals surface area contributed by atoms with Crippen LogP contribution >= 0.6 is 0 Å². The molecule has 0 aromatic heterocycles. The van der Waals surface area contributed by atoms with E-state index in [4.69, 9.17) is 5.11 Å². The summed E-state index contributed by atoms with van der Waals surface area (Å²) in [6, 6.07) is 5.84. The molecule has 1 atom stereocenters. The Labute approximate surface area is 88.7 Å². The van der Waals surface area contributed by atoms with E-state index in [1.165, 1.54) is 24.3 Å². The van der Waals surface area contributed by atoms with Crippen molar-refractivity contribution in [2.75, 3.05) is 0 Å². The van der Waals surface area contributed by atoms with E-state index in [2.05, 4.69) is 6.58 Å². The molecule has 2 N–H and O–H groups in total. The Bertz CT molecular complexity index is 340. The molecule has 3 heteroatoms. The van der Waals surface area contributed by atoms with Gasteiger partial charge in [0.25, 0.3) is 0 Å². The van der Waals surface area contributed by atoms with Gasteiger partial charge in [0.05, 0.1) is 0 Å². The Morgan fingerprint density at radius 2 is 2.00 bits per heavy atom. The number of aliphatic hydroxyl groups excluding tert-OH is 1. The van der Waals surface area contributed by atoms with Crippen molar-refractivity contribution in [1.29, 1.82) is 0 Å². The molecule has 1 aromatic carbocycles. The third kappa shape index (κ3) is 3.22. The molecule has 0 saturated heterocycles. The molecular formula is C12H14O3. The summed E-state index contributed by atoms with van der Waals surface area (Å²) in [4.78, 5) is 11.6. The van der Waals surface area contributed by atoms with Crippen LogP contribution in [0.4, 0.5) is 0 Å². The average Bonchev–Trinajstić information content (AvgIpc) is 2.26. The lowest BCUT2D eigenvalue weighted by molar-refractivity contribution is 0.0733. The Kier molecular flexibility index (Phi) is 4.06. The van der Waals surface area contributed by atoms with Gasteiger partial charge in [-0.25, -0.2) is 0 Å². The number of ketones is 1. The van der Waals surface area contributed by atoms with Crippen LogP contribution in [0.2, 0.25) is 0 Å². The van der Waals surface area contributed by atoms with Crippen molar-refractivity contribution >= 4 is 5.78 Å². The van der Waals surface area contributed by atoms with Crippen molar-refractivity contribution in [1.82, 2.24) is 0 Å². The van der Waals surface area contributed by atoms with E-state index in [1.54, 1.807) is 6.08 Å². The van der Waals surface area contributed by atoms with Gasteiger partial charge in [0.15, 0.2) is 5.78 Å². The SMILES string of the molecule is C=CCCC(O)C(=O)c1ccc(O)cc1. The summed E-state index contributed by atoms with van der Waals surface area (Å²) < 4.78 is 0. The Morgan fingerprint density at radius 1 is 1.40 bits per heavy atom. The number of aliphatic hydroxyl groups is 1. The first-order valence-electron chi connectivity index (χ1n) is 4.77. The zero-order valence-electron chi connectivity index (χ0n) is 8.39. The molecule has 0 fully saturated rings. The highest BCUT2D eigenvalue weighted by Crippen LogP contribution is 2.13. The van der Waals surface area contributed by atoms with E-state index in [9.17, 15) is 9.90 Å². The number of phenols is 1. The number of rotatable bonds is 5. The fraction of sp³-hybridized carbons (Fsp3) is 0.250. The van der Waals surface area contributed by atoms with Crippen molar-refractivity contribution in [3.8, 4) is 5.75 Å². The van der Waals surface area contributed by atoms with Crippen LogP contribution in [0, 0.1) is 0 Å². The molecule has 1 aromatic rings. The molecule has 0 aliphatic rings. The van der Waals surface area contributed by atoms with Gasteiger partial charge >= 0.3 is 0 Å². The highest BCUT2D eigenvalue weighted by molar-refractivity contribution is 5.99. The van der Waals surface area contributed by atoms with Crippen LogP contribution in [0.3, 0.4) is 0 Å². The molecule has 0 heterocycles. The minimum absolute atomic E-state index is 0.104. The molecule has 0 saturated carbocycles. The smallest absolute Gasteiger partial charge is 0.191 e. The minimum atomic E-state index is -0.993. The molecule has 1 unspecified atom stereocenters. The number of Topliss-reactive ketones (excluding diaryl/α,β-unsaturated/α-hetero) is 1. The van der Waals surface area contributed by atoms with Gasteiger partial charge in [0.2, 0.25) is 0 Å². The van der Waals surface area contributed by atoms with Crippen molar-refractivity contribution in [3.05, 3.63) is 42.5 Å². The number of aromatic hydroxyl groups is 1. The monoisotopic (exact) mass is 206 g/mol. The number of carbonyl (C=O) groups is 1. The lowest BCUT2D eigenvalue weighted by atomic mass is 10.0. The topological polar surface area (TPSA) is 57.5 Å². The van der Waals surface area contributed by atoms with Crippen molar-refractivity contribution in [2.24, 2.45) is 0 Å². The standard InChI is InChI=1S/C12H14O3/c1-2-3-4-11(14)12(15)9-5-7-10(13)8-6-9/h2,5-8,11,13-14H,1,3-4H2. The molecule has 0 aliphatic carbocycles. The second-order valence-electron chi connectivity index (χ2n) is 3.29. The van der Waals surface area contributed by atoms with Crippen molar-refractivity contribution in [2.45, 2.75) is 18.9 Å². The largest absolute Gasteiger partial charge is 0.508 e. The summed E-state index contributed by atoms with van der Waals surface area (Å²) in [5.74, 6) is -0.219. The predicted octanol–water partition coefficient (Wildman–Crippen LogP) is 1.90. The van der Waals surface area contributed by atoms with Crippen LogP contribution in [-0.4, -0.2) is 22.1 Å². The second kappa shape index (κ2) is 5.32. The molecule has 0 aliphatic heterocycles. The quantitative estimate of drug-likeness (QED) is 0.571. The number of allylic oxidation sites excluding steroid dienone is 1. The van der Waals surface area contributed by atoms with Gasteiger partial charge < -0.3 is 10.2 Å². The number of benzene rings is 1. The van der Waals surface area contributed by atoms with Gasteiger partial charge in [0, 0.05) is 5.56 Å². The van der Waals surface area contributed by atoms with Crippen LogP contribution in [0.5, 0.6) is 5.75 Å². The summed E-state index contributed by atoms with van der Waals surface area (Å²) in [5, 5.41) is 18.5. The third-order valence-corrected chi connectivity index (χ3v) is 2.10. The van der Waals surface area contributed by atoms with Crippen LogP contribution in [-0.2, 0) is 0 Å². The lowest BCUT2D eigenvalue weighted by Crippen LogP contribution is -2.19. The first-order chi connectivity index (χ1) is 7.15. The summed E-state index contributed by atoms with van der Waals surface area (Å²) >= 11 is 0.